The van der Waals surface area contributed by atoms with Crippen molar-refractivity contribution in [2.24, 2.45) is 0 Å². The molecule has 1 aromatic heterocycles. The van der Waals surface area contributed by atoms with E-state index in [0.717, 1.165) is 11.1 Å². The first-order valence-electron chi connectivity index (χ1n) is 8.41. The Hall–Kier alpha value is -2.31. The molecule has 0 aliphatic rings. The third-order valence-electron chi connectivity index (χ3n) is 4.32. The molecule has 2 aromatic carbocycles. The van der Waals surface area contributed by atoms with Gasteiger partial charge in [-0.1, -0.05) is 25.4 Å². The van der Waals surface area contributed by atoms with E-state index in [1.54, 1.807) is 36.5 Å². The number of halogens is 1. The normalized spacial score (nSPS) is 11.8. The summed E-state index contributed by atoms with van der Waals surface area (Å²) in [5, 5.41) is 1.09. The summed E-state index contributed by atoms with van der Waals surface area (Å²) in [5.74, 6) is 0.509. The number of pyridine rings is 1. The largest absolute Gasteiger partial charge is 0.495 e. The molecular weight excluding hydrogens is 386 g/mol. The van der Waals surface area contributed by atoms with Crippen molar-refractivity contribution in [1.29, 1.82) is 0 Å². The van der Waals surface area contributed by atoms with Crippen LogP contribution in [0.25, 0.3) is 10.9 Å². The first-order chi connectivity index (χ1) is 12.7. The van der Waals surface area contributed by atoms with Crippen molar-refractivity contribution >= 4 is 32.6 Å². The summed E-state index contributed by atoms with van der Waals surface area (Å²) in [6.07, 6.45) is 1.56. The topological polar surface area (TPSA) is 65.5 Å². The fourth-order valence-corrected chi connectivity index (χ4v) is 4.33. The highest BCUT2D eigenvalue weighted by Crippen LogP contribution is 2.35. The van der Waals surface area contributed by atoms with Crippen LogP contribution in [0.2, 0.25) is 5.02 Å². The fourth-order valence-electron chi connectivity index (χ4n) is 3.00. The minimum absolute atomic E-state index is 0.0154. The molecule has 3 rings (SSSR count). The number of hydrogen-bond acceptors (Lipinski definition) is 5. The number of aryl methyl sites for hydroxylation is 1. The Morgan fingerprint density at radius 1 is 1.11 bits per heavy atom. The van der Waals surface area contributed by atoms with Gasteiger partial charge in [-0.05, 0) is 60.4 Å². The predicted molar refractivity (Wildman–Crippen MR) is 106 cm³/mol. The van der Waals surface area contributed by atoms with Gasteiger partial charge in [0, 0.05) is 11.6 Å². The first-order valence-corrected chi connectivity index (χ1v) is 10.2. The predicted octanol–water partition coefficient (Wildman–Crippen LogP) is 5.10. The number of fused-ring (bicyclic) bond motifs is 1. The van der Waals surface area contributed by atoms with E-state index in [1.807, 2.05) is 20.8 Å². The van der Waals surface area contributed by atoms with E-state index in [2.05, 4.69) is 4.98 Å². The maximum absolute atomic E-state index is 13.0. The van der Waals surface area contributed by atoms with E-state index >= 15 is 0 Å². The van der Waals surface area contributed by atoms with Gasteiger partial charge in [0.1, 0.15) is 16.2 Å². The van der Waals surface area contributed by atoms with Gasteiger partial charge in [0.15, 0.2) is 5.75 Å². The zero-order chi connectivity index (χ0) is 19.8. The highest BCUT2D eigenvalue weighted by Gasteiger charge is 2.25. The van der Waals surface area contributed by atoms with Crippen LogP contribution in [0.3, 0.4) is 0 Å². The monoisotopic (exact) mass is 405 g/mol. The number of ether oxygens (including phenoxy) is 1. The number of aromatic nitrogens is 1. The zero-order valence-electron chi connectivity index (χ0n) is 15.5. The molecule has 0 saturated heterocycles. The second kappa shape index (κ2) is 7.37. The van der Waals surface area contributed by atoms with Crippen LogP contribution in [0.4, 0.5) is 0 Å². The molecule has 27 heavy (non-hydrogen) atoms. The van der Waals surface area contributed by atoms with Gasteiger partial charge in [-0.3, -0.25) is 4.98 Å². The summed E-state index contributed by atoms with van der Waals surface area (Å²) in [6, 6.07) is 9.89. The standard InChI is InChI=1S/C20H20ClNO4S/c1-12(2)15-11-19(18(25-4)10-13(15)3)27(23,24)26-17-8-7-16(21)14-6-5-9-22-20(14)17/h5-12H,1-4H3. The molecule has 0 aliphatic carbocycles. The van der Waals surface area contributed by atoms with Gasteiger partial charge in [0.05, 0.1) is 12.1 Å². The number of benzene rings is 2. The van der Waals surface area contributed by atoms with Crippen molar-refractivity contribution in [3.05, 3.63) is 58.7 Å². The number of methoxy groups -OCH3 is 1. The Labute approximate surface area is 164 Å². The number of rotatable bonds is 5. The van der Waals surface area contributed by atoms with Crippen LogP contribution in [-0.2, 0) is 10.1 Å². The summed E-state index contributed by atoms with van der Waals surface area (Å²) >= 11 is 6.17. The van der Waals surface area contributed by atoms with E-state index in [9.17, 15) is 8.42 Å². The molecule has 7 heteroatoms. The number of hydrogen-bond donors (Lipinski definition) is 0. The van der Waals surface area contributed by atoms with Gasteiger partial charge in [-0.25, -0.2) is 0 Å². The molecule has 0 fully saturated rings. The maximum Gasteiger partial charge on any atom is 0.343 e. The summed E-state index contributed by atoms with van der Waals surface area (Å²) in [5.41, 5.74) is 2.25. The van der Waals surface area contributed by atoms with Crippen LogP contribution >= 0.6 is 11.6 Å². The molecule has 0 radical (unpaired) electrons. The molecule has 0 spiro atoms. The lowest BCUT2D eigenvalue weighted by Gasteiger charge is -2.16. The molecule has 1 heterocycles. The van der Waals surface area contributed by atoms with E-state index in [0.29, 0.717) is 15.9 Å². The van der Waals surface area contributed by atoms with E-state index in [4.69, 9.17) is 20.5 Å². The third-order valence-corrected chi connectivity index (χ3v) is 5.91. The van der Waals surface area contributed by atoms with Crippen LogP contribution < -0.4 is 8.92 Å². The van der Waals surface area contributed by atoms with Crippen molar-refractivity contribution in [3.63, 3.8) is 0 Å². The molecule has 0 amide bonds. The van der Waals surface area contributed by atoms with Crippen molar-refractivity contribution in [1.82, 2.24) is 4.98 Å². The molecule has 0 atom stereocenters. The Bertz CT molecular complexity index is 1110. The highest BCUT2D eigenvalue weighted by atomic mass is 35.5. The maximum atomic E-state index is 13.0. The van der Waals surface area contributed by atoms with Crippen molar-refractivity contribution in [2.75, 3.05) is 7.11 Å². The quantitative estimate of drug-likeness (QED) is 0.552. The fraction of sp³-hybridized carbons (Fsp3) is 0.250. The summed E-state index contributed by atoms with van der Waals surface area (Å²) in [6.45, 7) is 5.93. The zero-order valence-corrected chi connectivity index (χ0v) is 17.1. The van der Waals surface area contributed by atoms with Crippen molar-refractivity contribution in [3.8, 4) is 11.5 Å². The average molecular weight is 406 g/mol. The Kier molecular flexibility index (Phi) is 5.31. The number of nitrogens with zero attached hydrogens (tertiary/aromatic N) is 1. The molecule has 0 unspecified atom stereocenters. The van der Waals surface area contributed by atoms with Gasteiger partial charge in [-0.2, -0.15) is 8.42 Å². The van der Waals surface area contributed by atoms with Crippen LogP contribution in [0, 0.1) is 6.92 Å². The van der Waals surface area contributed by atoms with Crippen LogP contribution in [0.5, 0.6) is 11.5 Å². The molecule has 0 aliphatic heterocycles. The Morgan fingerprint density at radius 2 is 1.85 bits per heavy atom. The summed E-state index contributed by atoms with van der Waals surface area (Å²) < 4.78 is 36.8. The van der Waals surface area contributed by atoms with Crippen LogP contribution in [0.15, 0.2) is 47.5 Å². The van der Waals surface area contributed by atoms with Crippen LogP contribution in [0.1, 0.15) is 30.9 Å². The molecule has 5 nitrogen and oxygen atoms in total. The lowest BCUT2D eigenvalue weighted by Crippen LogP contribution is -2.13. The van der Waals surface area contributed by atoms with Gasteiger partial charge >= 0.3 is 10.1 Å². The van der Waals surface area contributed by atoms with Crippen molar-refractivity contribution < 1.29 is 17.3 Å². The van der Waals surface area contributed by atoms with E-state index < -0.39 is 10.1 Å². The third kappa shape index (κ3) is 3.73. The smallest absolute Gasteiger partial charge is 0.343 e. The minimum Gasteiger partial charge on any atom is -0.495 e. The lowest BCUT2D eigenvalue weighted by atomic mass is 9.98. The molecule has 0 saturated carbocycles. The van der Waals surface area contributed by atoms with Gasteiger partial charge in [0.25, 0.3) is 0 Å². The Morgan fingerprint density at radius 3 is 2.52 bits per heavy atom. The van der Waals surface area contributed by atoms with Crippen molar-refractivity contribution in [2.45, 2.75) is 31.6 Å². The van der Waals surface area contributed by atoms with Gasteiger partial charge < -0.3 is 8.92 Å². The SMILES string of the molecule is COc1cc(C)c(C(C)C)cc1S(=O)(=O)Oc1ccc(Cl)c2cccnc12. The molecule has 142 valence electrons. The van der Waals surface area contributed by atoms with E-state index in [1.165, 1.54) is 13.2 Å². The average Bonchev–Trinajstić information content (AvgIpc) is 2.63. The Balaban J connectivity index is 2.14. The second-order valence-electron chi connectivity index (χ2n) is 6.50. The first kappa shape index (κ1) is 19.5. The second-order valence-corrected chi connectivity index (χ2v) is 8.42. The van der Waals surface area contributed by atoms with Gasteiger partial charge in [0.2, 0.25) is 0 Å². The molecule has 3 aromatic rings. The van der Waals surface area contributed by atoms with Gasteiger partial charge in [-0.15, -0.1) is 0 Å². The van der Waals surface area contributed by atoms with Crippen LogP contribution in [-0.4, -0.2) is 20.5 Å². The summed E-state index contributed by atoms with van der Waals surface area (Å²) in [4.78, 5) is 4.20. The lowest BCUT2D eigenvalue weighted by molar-refractivity contribution is 0.397. The molecule has 0 N–H and O–H groups in total. The summed E-state index contributed by atoms with van der Waals surface area (Å²) in [7, 11) is -2.71. The molecule has 0 bridgehead atoms. The highest BCUT2D eigenvalue weighted by molar-refractivity contribution is 7.87. The molecular formula is C20H20ClNO4S. The van der Waals surface area contributed by atoms with E-state index in [-0.39, 0.29) is 22.3 Å². The minimum atomic E-state index is -4.14.